The quantitative estimate of drug-likeness (QED) is 0.0591. The lowest BCUT2D eigenvalue weighted by atomic mass is 10.1. The van der Waals surface area contributed by atoms with E-state index in [1.165, 1.54) is 77.0 Å². The standard InChI is InChI=1S/C34H58O5P/c1-6-9-12-15-18-21-26-37-30-24-25-31(40(36)34(35)29(4)5)33(39-28-23-20-17-14-11-8-3)32(30)38-27-22-19-16-13-10-7-2/h24-25H,4,6-23,26-28H2,1-3,5H3/q+1. The van der Waals surface area contributed by atoms with Gasteiger partial charge in [0.15, 0.2) is 5.75 Å². The van der Waals surface area contributed by atoms with Gasteiger partial charge < -0.3 is 14.2 Å². The summed E-state index contributed by atoms with van der Waals surface area (Å²) in [6.45, 7) is 13.6. The fraction of sp³-hybridized carbons (Fsp3) is 0.735. The van der Waals surface area contributed by atoms with Crippen LogP contribution in [0.1, 0.15) is 143 Å². The van der Waals surface area contributed by atoms with E-state index in [2.05, 4.69) is 27.4 Å². The van der Waals surface area contributed by atoms with Gasteiger partial charge in [0, 0.05) is 5.57 Å². The van der Waals surface area contributed by atoms with E-state index in [1.807, 2.05) is 0 Å². The highest BCUT2D eigenvalue weighted by molar-refractivity contribution is 7.71. The van der Waals surface area contributed by atoms with E-state index < -0.39 is 13.3 Å². The molecule has 1 unspecified atom stereocenters. The Labute approximate surface area is 246 Å². The molecule has 0 spiro atoms. The van der Waals surface area contributed by atoms with E-state index in [-0.39, 0.29) is 5.57 Å². The molecule has 0 aliphatic carbocycles. The zero-order chi connectivity index (χ0) is 29.4. The first-order valence-corrected chi connectivity index (χ1v) is 17.5. The van der Waals surface area contributed by atoms with Crippen LogP contribution in [0.2, 0.25) is 0 Å². The van der Waals surface area contributed by atoms with Crippen LogP contribution in [0.15, 0.2) is 24.3 Å². The fourth-order valence-electron chi connectivity index (χ4n) is 4.54. The van der Waals surface area contributed by atoms with Gasteiger partial charge in [-0.2, -0.15) is 0 Å². The molecule has 0 saturated heterocycles. The highest BCUT2D eigenvalue weighted by atomic mass is 31.1. The summed E-state index contributed by atoms with van der Waals surface area (Å²) in [7, 11) is -2.36. The van der Waals surface area contributed by atoms with E-state index in [9.17, 15) is 9.36 Å². The Morgan fingerprint density at radius 1 is 0.625 bits per heavy atom. The maximum atomic E-state index is 13.3. The van der Waals surface area contributed by atoms with E-state index >= 15 is 0 Å². The maximum Gasteiger partial charge on any atom is 0.462 e. The molecule has 40 heavy (non-hydrogen) atoms. The van der Waals surface area contributed by atoms with Gasteiger partial charge in [-0.15, -0.1) is 0 Å². The average Bonchev–Trinajstić information content (AvgIpc) is 2.95. The SMILES string of the molecule is C=C(C)C(=O)[P+](=O)c1ccc(OCCCCCCCC)c(OCCCCCCCC)c1OCCCCCCCC. The van der Waals surface area contributed by atoms with Crippen LogP contribution >= 0.6 is 7.80 Å². The van der Waals surface area contributed by atoms with E-state index in [4.69, 9.17) is 14.2 Å². The Morgan fingerprint density at radius 3 is 1.48 bits per heavy atom. The summed E-state index contributed by atoms with van der Waals surface area (Å²) < 4.78 is 32.1. The topological polar surface area (TPSA) is 61.8 Å². The van der Waals surface area contributed by atoms with Crippen molar-refractivity contribution in [1.29, 1.82) is 0 Å². The Balaban J connectivity index is 3.07. The van der Waals surface area contributed by atoms with Crippen LogP contribution in [0, 0.1) is 0 Å². The van der Waals surface area contributed by atoms with Gasteiger partial charge in [0.2, 0.25) is 16.8 Å². The van der Waals surface area contributed by atoms with Gasteiger partial charge >= 0.3 is 13.3 Å². The van der Waals surface area contributed by atoms with Crippen molar-refractivity contribution in [3.63, 3.8) is 0 Å². The van der Waals surface area contributed by atoms with Crippen LogP contribution in [0.4, 0.5) is 0 Å². The third-order valence-corrected chi connectivity index (χ3v) is 8.61. The molecule has 0 saturated carbocycles. The third kappa shape index (κ3) is 15.2. The molecule has 0 aliphatic rings. The summed E-state index contributed by atoms with van der Waals surface area (Å²) in [5, 5.41) is 0.374. The van der Waals surface area contributed by atoms with Crippen LogP contribution in [-0.2, 0) is 9.36 Å². The van der Waals surface area contributed by atoms with Gasteiger partial charge in [-0.25, -0.2) is 4.79 Å². The van der Waals surface area contributed by atoms with Gasteiger partial charge in [0.05, 0.1) is 19.8 Å². The molecule has 0 aliphatic heterocycles. The first-order chi connectivity index (χ1) is 19.5. The number of carbonyl (C=O) groups excluding carboxylic acids is 1. The Hall–Kier alpha value is -1.87. The molecule has 1 aromatic rings. The molecule has 0 amide bonds. The molecule has 228 valence electrons. The molecule has 0 radical (unpaired) electrons. The predicted octanol–water partition coefficient (Wildman–Crippen LogP) is 10.5. The third-order valence-electron chi connectivity index (χ3n) is 7.07. The minimum Gasteiger partial charge on any atom is -0.490 e. The molecule has 1 aromatic carbocycles. The largest absolute Gasteiger partial charge is 0.490 e. The van der Waals surface area contributed by atoms with E-state index in [1.54, 1.807) is 19.1 Å². The number of rotatable bonds is 27. The summed E-state index contributed by atoms with van der Waals surface area (Å²) >= 11 is 0. The summed E-state index contributed by atoms with van der Waals surface area (Å²) in [6.07, 6.45) is 20.9. The Bertz CT molecular complexity index is 851. The number of hydrogen-bond acceptors (Lipinski definition) is 5. The predicted molar refractivity (Wildman–Crippen MR) is 170 cm³/mol. The van der Waals surface area contributed by atoms with Crippen molar-refractivity contribution in [2.75, 3.05) is 19.8 Å². The molecule has 1 atom stereocenters. The molecule has 0 bridgehead atoms. The first kappa shape index (κ1) is 36.2. The van der Waals surface area contributed by atoms with Crippen LogP contribution in [0.3, 0.4) is 0 Å². The number of allylic oxidation sites excluding steroid dienone is 1. The molecular weight excluding hydrogens is 519 g/mol. The van der Waals surface area contributed by atoms with Crippen molar-refractivity contribution in [1.82, 2.24) is 0 Å². The van der Waals surface area contributed by atoms with Crippen molar-refractivity contribution < 1.29 is 23.6 Å². The molecule has 0 heterocycles. The van der Waals surface area contributed by atoms with Crippen molar-refractivity contribution >= 4 is 18.6 Å². The summed E-state index contributed by atoms with van der Waals surface area (Å²) in [5.41, 5.74) is -0.178. The summed E-state index contributed by atoms with van der Waals surface area (Å²) in [6, 6.07) is 3.50. The molecule has 0 fully saturated rings. The number of unbranched alkanes of at least 4 members (excludes halogenated alkanes) is 15. The molecule has 6 heteroatoms. The van der Waals surface area contributed by atoms with Crippen molar-refractivity contribution in [2.24, 2.45) is 0 Å². The van der Waals surface area contributed by atoms with Crippen LogP contribution in [-0.4, -0.2) is 25.3 Å². The normalized spacial score (nSPS) is 11.3. The number of carbonyl (C=O) groups is 1. The van der Waals surface area contributed by atoms with E-state index in [0.717, 1.165) is 38.5 Å². The van der Waals surface area contributed by atoms with Crippen LogP contribution in [0.5, 0.6) is 17.2 Å². The lowest BCUT2D eigenvalue weighted by molar-refractivity contribution is -0.108. The average molecular weight is 578 g/mol. The van der Waals surface area contributed by atoms with E-state index in [0.29, 0.717) is 42.4 Å². The highest BCUT2D eigenvalue weighted by Crippen LogP contribution is 2.42. The van der Waals surface area contributed by atoms with Gasteiger partial charge in [0.25, 0.3) is 0 Å². The minimum atomic E-state index is -2.36. The lowest BCUT2D eigenvalue weighted by Crippen LogP contribution is -2.14. The zero-order valence-electron chi connectivity index (χ0n) is 26.2. The maximum absolute atomic E-state index is 13.3. The molecule has 0 N–H and O–H groups in total. The summed E-state index contributed by atoms with van der Waals surface area (Å²) in [5.74, 6) is 1.49. The van der Waals surface area contributed by atoms with Crippen molar-refractivity contribution in [3.05, 3.63) is 24.3 Å². The second kappa shape index (κ2) is 23.8. The van der Waals surface area contributed by atoms with Gasteiger partial charge in [-0.05, 0) is 38.3 Å². The first-order valence-electron chi connectivity index (χ1n) is 16.2. The minimum absolute atomic E-state index is 0.279. The van der Waals surface area contributed by atoms with Gasteiger partial charge in [-0.1, -0.05) is 128 Å². The van der Waals surface area contributed by atoms with Crippen molar-refractivity contribution in [3.8, 4) is 17.2 Å². The number of hydrogen-bond donors (Lipinski definition) is 0. The highest BCUT2D eigenvalue weighted by Gasteiger charge is 2.38. The van der Waals surface area contributed by atoms with Crippen LogP contribution in [0.25, 0.3) is 0 Å². The Morgan fingerprint density at radius 2 is 1.02 bits per heavy atom. The zero-order valence-corrected chi connectivity index (χ0v) is 27.1. The molecule has 0 aromatic heterocycles. The lowest BCUT2D eigenvalue weighted by Gasteiger charge is -2.17. The van der Waals surface area contributed by atoms with Gasteiger partial charge in [-0.3, -0.25) is 0 Å². The smallest absolute Gasteiger partial charge is 0.462 e. The number of benzene rings is 1. The van der Waals surface area contributed by atoms with Gasteiger partial charge in [0.1, 0.15) is 0 Å². The second-order valence-corrected chi connectivity index (χ2v) is 12.4. The Kier molecular flexibility index (Phi) is 21.5. The molecule has 1 rings (SSSR count). The molecule has 5 nitrogen and oxygen atoms in total. The fourth-order valence-corrected chi connectivity index (χ4v) is 5.67. The number of ether oxygens (including phenoxy) is 3. The van der Waals surface area contributed by atoms with Crippen LogP contribution < -0.4 is 19.5 Å². The second-order valence-electron chi connectivity index (χ2n) is 11.0. The molecular formula is C34H58O5P+. The van der Waals surface area contributed by atoms with Crippen molar-refractivity contribution in [2.45, 2.75) is 143 Å². The summed E-state index contributed by atoms with van der Waals surface area (Å²) in [4.78, 5) is 12.7. The monoisotopic (exact) mass is 577 g/mol.